The second kappa shape index (κ2) is 7.62. The van der Waals surface area contributed by atoms with Crippen LogP contribution < -0.4 is 10.4 Å². The van der Waals surface area contributed by atoms with Crippen LogP contribution in [0.5, 0.6) is 0 Å². The first-order chi connectivity index (χ1) is 12.6. The van der Waals surface area contributed by atoms with Crippen molar-refractivity contribution < 1.29 is 19.5 Å². The molecule has 0 aliphatic rings. The van der Waals surface area contributed by atoms with Crippen molar-refractivity contribution in [3.63, 3.8) is 0 Å². The van der Waals surface area contributed by atoms with Crippen molar-refractivity contribution in [3.8, 4) is 10.4 Å². The zero-order valence-electron chi connectivity index (χ0n) is 13.5. The van der Waals surface area contributed by atoms with E-state index in [1.165, 1.54) is 24.3 Å². The largest absolute Gasteiger partial charge is 0.463 e. The number of aldehydes is 1. The van der Waals surface area contributed by atoms with Gasteiger partial charge in [0, 0.05) is 16.0 Å². The van der Waals surface area contributed by atoms with Crippen LogP contribution in [-0.2, 0) is 0 Å². The van der Waals surface area contributed by atoms with Gasteiger partial charge < -0.3 is 5.11 Å². The number of thiophene rings is 1. The van der Waals surface area contributed by atoms with Crippen molar-refractivity contribution in [1.29, 1.82) is 0 Å². The highest BCUT2D eigenvalue weighted by molar-refractivity contribution is 7.13. The molecule has 3 rings (SSSR count). The molecule has 0 aliphatic carbocycles. The fraction of sp³-hybridized carbons (Fsp3) is 0. The summed E-state index contributed by atoms with van der Waals surface area (Å²) in [4.78, 5) is 35.6. The Balaban J connectivity index is 1.79. The van der Waals surface area contributed by atoms with Crippen molar-refractivity contribution in [2.75, 3.05) is 5.01 Å². The minimum absolute atomic E-state index is 0.247. The summed E-state index contributed by atoms with van der Waals surface area (Å²) < 4.78 is 0. The van der Waals surface area contributed by atoms with Crippen molar-refractivity contribution in [1.82, 2.24) is 5.43 Å². The molecule has 130 valence electrons. The number of rotatable bonds is 4. The van der Waals surface area contributed by atoms with Crippen LogP contribution in [-0.4, -0.2) is 23.4 Å². The highest BCUT2D eigenvalue weighted by Gasteiger charge is 2.18. The van der Waals surface area contributed by atoms with E-state index in [2.05, 4.69) is 5.43 Å². The maximum atomic E-state index is 12.3. The molecule has 0 atom stereocenters. The Morgan fingerprint density at radius 2 is 1.69 bits per heavy atom. The lowest BCUT2D eigenvalue weighted by Crippen LogP contribution is -2.45. The molecule has 0 saturated heterocycles. The molecule has 2 N–H and O–H groups in total. The van der Waals surface area contributed by atoms with E-state index in [-0.39, 0.29) is 5.56 Å². The number of amides is 2. The molecule has 0 saturated carbocycles. The van der Waals surface area contributed by atoms with Gasteiger partial charge in [-0.3, -0.25) is 15.0 Å². The Bertz CT molecular complexity index is 919. The number of anilines is 1. The highest BCUT2D eigenvalue weighted by atomic mass is 32.1. The normalized spacial score (nSPS) is 10.2. The summed E-state index contributed by atoms with van der Waals surface area (Å²) in [6, 6.07) is 16.6. The minimum atomic E-state index is -1.31. The average Bonchev–Trinajstić information content (AvgIpc) is 3.20. The first kappa shape index (κ1) is 17.4. The summed E-state index contributed by atoms with van der Waals surface area (Å²) in [6.07, 6.45) is -0.646. The molecule has 0 unspecified atom stereocenters. The summed E-state index contributed by atoms with van der Waals surface area (Å²) in [6.45, 7) is 0. The summed E-state index contributed by atoms with van der Waals surface area (Å²) in [7, 11) is 0. The van der Waals surface area contributed by atoms with E-state index in [0.29, 0.717) is 17.5 Å². The molecule has 0 bridgehead atoms. The van der Waals surface area contributed by atoms with Crippen LogP contribution in [0.3, 0.4) is 0 Å². The molecule has 6 nitrogen and oxygen atoms in total. The number of carboxylic acid groups (broad SMARTS) is 1. The number of nitrogens with one attached hydrogen (secondary N) is 1. The van der Waals surface area contributed by atoms with Crippen LogP contribution in [0.4, 0.5) is 10.5 Å². The van der Waals surface area contributed by atoms with Gasteiger partial charge in [0.05, 0.1) is 5.69 Å². The molecule has 7 heteroatoms. The van der Waals surface area contributed by atoms with Crippen molar-refractivity contribution in [2.24, 2.45) is 0 Å². The smallest absolute Gasteiger partial charge is 0.431 e. The Morgan fingerprint density at radius 3 is 2.23 bits per heavy atom. The molecule has 0 fully saturated rings. The molecular formula is C19H14N2O4S. The molecule has 2 aromatic carbocycles. The fourth-order valence-electron chi connectivity index (χ4n) is 2.32. The Morgan fingerprint density at radius 1 is 1.00 bits per heavy atom. The lowest BCUT2D eigenvalue weighted by molar-refractivity contribution is 0.0943. The predicted molar refractivity (Wildman–Crippen MR) is 99.6 cm³/mol. The number of carbonyl (C=O) groups excluding carboxylic acids is 2. The van der Waals surface area contributed by atoms with Gasteiger partial charge in [-0.25, -0.2) is 4.79 Å². The fourth-order valence-corrected chi connectivity index (χ4v) is 3.05. The maximum Gasteiger partial charge on any atom is 0.431 e. The summed E-state index contributed by atoms with van der Waals surface area (Å²) in [5, 5.41) is 12.1. The van der Waals surface area contributed by atoms with E-state index in [1.807, 2.05) is 17.5 Å². The third kappa shape index (κ3) is 3.79. The van der Waals surface area contributed by atoms with E-state index >= 15 is 0 Å². The van der Waals surface area contributed by atoms with Gasteiger partial charge >= 0.3 is 6.09 Å². The first-order valence-electron chi connectivity index (χ1n) is 7.61. The molecule has 0 radical (unpaired) electrons. The monoisotopic (exact) mass is 366 g/mol. The van der Waals surface area contributed by atoms with Crippen molar-refractivity contribution in [2.45, 2.75) is 0 Å². The molecule has 2 amide bonds. The van der Waals surface area contributed by atoms with Crippen molar-refractivity contribution in [3.05, 3.63) is 77.2 Å². The van der Waals surface area contributed by atoms with E-state index < -0.39 is 12.0 Å². The van der Waals surface area contributed by atoms with Gasteiger partial charge in [0.25, 0.3) is 5.91 Å². The summed E-state index contributed by atoms with van der Waals surface area (Å²) >= 11 is 1.58. The van der Waals surface area contributed by atoms with E-state index in [0.717, 1.165) is 15.4 Å². The molecule has 3 aromatic rings. The number of hydrogen-bond donors (Lipinski definition) is 2. The number of hydrogen-bond acceptors (Lipinski definition) is 4. The molecule has 26 heavy (non-hydrogen) atoms. The third-order valence-electron chi connectivity index (χ3n) is 3.64. The standard InChI is InChI=1S/C19H14N2O4S/c22-12-13-3-5-15(6-4-13)18(23)20-21(19(24)25)16-9-7-14(8-10-16)17-2-1-11-26-17/h1-12H,(H,20,23)(H,24,25). The van der Waals surface area contributed by atoms with Crippen LogP contribution >= 0.6 is 11.3 Å². The van der Waals surface area contributed by atoms with Gasteiger partial charge in [0.15, 0.2) is 0 Å². The van der Waals surface area contributed by atoms with E-state index in [1.54, 1.807) is 35.6 Å². The van der Waals surface area contributed by atoms with E-state index in [4.69, 9.17) is 0 Å². The number of carbonyl (C=O) groups is 3. The molecule has 0 aliphatic heterocycles. The quantitative estimate of drug-likeness (QED) is 0.538. The number of benzene rings is 2. The predicted octanol–water partition coefficient (Wildman–Crippen LogP) is 4.06. The topological polar surface area (TPSA) is 86.7 Å². The minimum Gasteiger partial charge on any atom is -0.463 e. The van der Waals surface area contributed by atoms with Gasteiger partial charge in [-0.05, 0) is 41.3 Å². The molecule has 1 aromatic heterocycles. The Labute approximate surface area is 153 Å². The third-order valence-corrected chi connectivity index (χ3v) is 4.56. The van der Waals surface area contributed by atoms with Gasteiger partial charge in [-0.15, -0.1) is 11.3 Å². The van der Waals surface area contributed by atoms with Gasteiger partial charge in [-0.1, -0.05) is 30.3 Å². The summed E-state index contributed by atoms with van der Waals surface area (Å²) in [5.41, 5.74) is 4.31. The zero-order chi connectivity index (χ0) is 18.5. The number of nitrogens with zero attached hydrogens (tertiary/aromatic N) is 1. The summed E-state index contributed by atoms with van der Waals surface area (Å²) in [5.74, 6) is -0.591. The van der Waals surface area contributed by atoms with Crippen LogP contribution in [0.1, 0.15) is 20.7 Å². The van der Waals surface area contributed by atoms with Crippen LogP contribution in [0.15, 0.2) is 66.0 Å². The average molecular weight is 366 g/mol. The maximum absolute atomic E-state index is 12.3. The lowest BCUT2D eigenvalue weighted by atomic mass is 10.1. The van der Waals surface area contributed by atoms with Crippen molar-refractivity contribution >= 4 is 35.3 Å². The van der Waals surface area contributed by atoms with E-state index in [9.17, 15) is 19.5 Å². The Kier molecular flexibility index (Phi) is 5.09. The van der Waals surface area contributed by atoms with Crippen LogP contribution in [0, 0.1) is 0 Å². The number of hydrazine groups is 1. The molecular weight excluding hydrogens is 352 g/mol. The second-order valence-electron chi connectivity index (χ2n) is 5.32. The van der Waals surface area contributed by atoms with Crippen LogP contribution in [0.25, 0.3) is 10.4 Å². The van der Waals surface area contributed by atoms with Gasteiger partial charge in [0.2, 0.25) is 0 Å². The molecule has 1 heterocycles. The Hall–Kier alpha value is -3.45. The van der Waals surface area contributed by atoms with Gasteiger partial charge in [-0.2, -0.15) is 5.01 Å². The first-order valence-corrected chi connectivity index (χ1v) is 8.49. The lowest BCUT2D eigenvalue weighted by Gasteiger charge is -2.20. The van der Waals surface area contributed by atoms with Gasteiger partial charge in [0.1, 0.15) is 6.29 Å². The zero-order valence-corrected chi connectivity index (χ0v) is 14.3. The SMILES string of the molecule is O=Cc1ccc(C(=O)NN(C(=O)O)c2ccc(-c3cccs3)cc2)cc1. The molecule has 0 spiro atoms. The second-order valence-corrected chi connectivity index (χ2v) is 6.27. The van der Waals surface area contributed by atoms with Crippen LogP contribution in [0.2, 0.25) is 0 Å². The highest BCUT2D eigenvalue weighted by Crippen LogP contribution is 2.26.